The van der Waals surface area contributed by atoms with Crippen molar-refractivity contribution >= 4 is 113 Å². The number of rotatable bonds is 12. The summed E-state index contributed by atoms with van der Waals surface area (Å²) in [7, 11) is 0. The standard InChI is InChI=1S/C76H64Ge2N2/c1-77(2,3)63-33-41-67(42-34-63)79(65-37-29-57(30-38-65)53-17-9-7-10-18-53)69-45-47-71-73(51-69)75(61-27-25-55-21-13-15-23-59(55)49-61)72-48-46-70(52-74(72)76(71)62-28-26-56-22-14-16-24-60(56)50-62)80(68-43-35-64(36-44-68)78(4,5)6)66-39-31-58(32-40-66)54-19-11-8-12-20-54/h7-52H,1-6H3. The first-order chi connectivity index (χ1) is 38.9. The third kappa shape index (κ3) is 9.93. The van der Waals surface area contributed by atoms with Crippen LogP contribution in [0.3, 0.4) is 0 Å². The first-order valence-corrected chi connectivity index (χ1v) is 42.7. The molecule has 13 rings (SSSR count). The van der Waals surface area contributed by atoms with Crippen molar-refractivity contribution in [3.8, 4) is 44.5 Å². The van der Waals surface area contributed by atoms with E-state index in [1.165, 1.54) is 96.4 Å². The van der Waals surface area contributed by atoms with Gasteiger partial charge in [-0.3, -0.25) is 0 Å². The van der Waals surface area contributed by atoms with E-state index in [0.29, 0.717) is 0 Å². The number of nitrogens with zero attached hydrogens (tertiary/aromatic N) is 2. The molecule has 13 aromatic carbocycles. The Kier molecular flexibility index (Phi) is 13.4. The zero-order valence-electron chi connectivity index (χ0n) is 46.5. The molecule has 0 saturated heterocycles. The van der Waals surface area contributed by atoms with Crippen LogP contribution in [0.4, 0.5) is 34.1 Å². The van der Waals surface area contributed by atoms with Gasteiger partial charge >= 0.3 is 409 Å². The minimum absolute atomic E-state index is 1.10. The second-order valence-electron chi connectivity index (χ2n) is 23.4. The Morgan fingerprint density at radius 2 is 0.500 bits per heavy atom. The molecule has 0 heterocycles. The van der Waals surface area contributed by atoms with E-state index < -0.39 is 26.5 Å². The Balaban J connectivity index is 1.09. The van der Waals surface area contributed by atoms with Crippen molar-refractivity contribution in [1.29, 1.82) is 0 Å². The van der Waals surface area contributed by atoms with Crippen LogP contribution in [-0.2, 0) is 0 Å². The molecule has 13 aromatic rings. The summed E-state index contributed by atoms with van der Waals surface area (Å²) in [5, 5.41) is 9.69. The van der Waals surface area contributed by atoms with Crippen LogP contribution in [0.15, 0.2) is 279 Å². The molecule has 0 saturated carbocycles. The molecule has 0 atom stereocenters. The molecular weight excluding hydrogens is 1090 g/mol. The Hall–Kier alpha value is -8.41. The molecule has 2 nitrogen and oxygen atoms in total. The first-order valence-electron chi connectivity index (χ1n) is 28.1. The molecule has 0 N–H and O–H groups in total. The van der Waals surface area contributed by atoms with Crippen molar-refractivity contribution in [2.24, 2.45) is 0 Å². The number of fused-ring (bicyclic) bond motifs is 4. The summed E-state index contributed by atoms with van der Waals surface area (Å²) in [6.45, 7) is 0. The predicted octanol–water partition coefficient (Wildman–Crippen LogP) is 21.0. The van der Waals surface area contributed by atoms with E-state index in [9.17, 15) is 0 Å². The van der Waals surface area contributed by atoms with Gasteiger partial charge in [0, 0.05) is 0 Å². The van der Waals surface area contributed by atoms with Crippen molar-refractivity contribution in [2.45, 2.75) is 34.5 Å². The van der Waals surface area contributed by atoms with Gasteiger partial charge in [0.2, 0.25) is 0 Å². The van der Waals surface area contributed by atoms with Crippen LogP contribution in [0.25, 0.3) is 87.6 Å². The number of hydrogen-bond donors (Lipinski definition) is 0. The average molecular weight is 1150 g/mol. The van der Waals surface area contributed by atoms with E-state index in [2.05, 4.69) is 323 Å². The van der Waals surface area contributed by atoms with E-state index in [4.69, 9.17) is 0 Å². The van der Waals surface area contributed by atoms with E-state index in [1.807, 2.05) is 0 Å². The van der Waals surface area contributed by atoms with Crippen LogP contribution in [0.2, 0.25) is 34.5 Å². The zero-order valence-corrected chi connectivity index (χ0v) is 50.6. The Morgan fingerprint density at radius 1 is 0.212 bits per heavy atom. The van der Waals surface area contributed by atoms with Gasteiger partial charge in [0.05, 0.1) is 0 Å². The molecule has 0 bridgehead atoms. The van der Waals surface area contributed by atoms with Crippen LogP contribution < -0.4 is 18.6 Å². The fourth-order valence-electron chi connectivity index (χ4n) is 11.8. The molecule has 0 aromatic heterocycles. The van der Waals surface area contributed by atoms with Gasteiger partial charge in [-0.25, -0.2) is 0 Å². The molecule has 80 heavy (non-hydrogen) atoms. The summed E-state index contributed by atoms with van der Waals surface area (Å²) in [4.78, 5) is 4.91. The monoisotopic (exact) mass is 1150 g/mol. The minimum atomic E-state index is -2.13. The maximum atomic E-state index is 2.47. The van der Waals surface area contributed by atoms with Crippen LogP contribution in [-0.4, -0.2) is 26.5 Å². The molecule has 0 aliphatic rings. The van der Waals surface area contributed by atoms with Gasteiger partial charge in [0.25, 0.3) is 0 Å². The molecule has 0 aliphatic carbocycles. The number of hydrogen-bond acceptors (Lipinski definition) is 2. The summed E-state index contributed by atoms with van der Waals surface area (Å²) in [6, 6.07) is 105. The second kappa shape index (κ2) is 21.0. The quantitative estimate of drug-likeness (QED) is 0.0889. The van der Waals surface area contributed by atoms with Crippen molar-refractivity contribution in [3.05, 3.63) is 279 Å². The number of anilines is 6. The maximum absolute atomic E-state index is 2.47. The van der Waals surface area contributed by atoms with Crippen molar-refractivity contribution < 1.29 is 0 Å². The summed E-state index contributed by atoms with van der Waals surface area (Å²) >= 11 is -4.25. The second-order valence-corrected chi connectivity index (χ2v) is 44.7. The Morgan fingerprint density at radius 3 is 0.850 bits per heavy atom. The molecule has 0 unspecified atom stereocenters. The van der Waals surface area contributed by atoms with Crippen LogP contribution in [0.1, 0.15) is 0 Å². The van der Waals surface area contributed by atoms with Crippen molar-refractivity contribution in [2.75, 3.05) is 9.80 Å². The predicted molar refractivity (Wildman–Crippen MR) is 354 cm³/mol. The summed E-state index contributed by atoms with van der Waals surface area (Å²) in [6.07, 6.45) is 0. The van der Waals surface area contributed by atoms with E-state index in [-0.39, 0.29) is 0 Å². The van der Waals surface area contributed by atoms with Crippen molar-refractivity contribution in [3.63, 3.8) is 0 Å². The Bertz CT molecular complexity index is 4100. The fourth-order valence-corrected chi connectivity index (χ4v) is 16.7. The van der Waals surface area contributed by atoms with Gasteiger partial charge in [-0.1, -0.05) is 60.7 Å². The normalized spacial score (nSPS) is 11.9. The molecule has 0 aliphatic heterocycles. The summed E-state index contributed by atoms with van der Waals surface area (Å²) < 4.78 is 2.98. The number of benzene rings is 13. The van der Waals surface area contributed by atoms with Crippen molar-refractivity contribution in [1.82, 2.24) is 0 Å². The molecule has 0 radical (unpaired) electrons. The molecule has 0 fully saturated rings. The van der Waals surface area contributed by atoms with Gasteiger partial charge in [-0.2, -0.15) is 0 Å². The van der Waals surface area contributed by atoms with Crippen LogP contribution >= 0.6 is 0 Å². The SMILES string of the molecule is [CH3][Ge]([CH3])([CH3])[c]1ccc(N(c2ccc(-c3ccccc3)cc2)c2ccc3c(-c4ccc5ccccc5c4)c4cc(N(c5ccc(-c6ccccc6)cc5)c5cc[c]([Ge]([CH3])([CH3])[CH3])cc5)ccc4c(-c4ccc5ccccc5c4)c3c2)cc1. The Labute approximate surface area is 477 Å². The van der Waals surface area contributed by atoms with Gasteiger partial charge in [-0.15, -0.1) is 0 Å². The average Bonchev–Trinajstić information content (AvgIpc) is 3.56. The topological polar surface area (TPSA) is 6.48 Å². The van der Waals surface area contributed by atoms with Gasteiger partial charge in [0.1, 0.15) is 0 Å². The zero-order chi connectivity index (χ0) is 54.5. The third-order valence-corrected chi connectivity index (χ3v) is 24.8. The summed E-state index contributed by atoms with van der Waals surface area (Å²) in [5.74, 6) is 14.8. The third-order valence-electron chi connectivity index (χ3n) is 16.1. The van der Waals surface area contributed by atoms with E-state index in [1.54, 1.807) is 0 Å². The van der Waals surface area contributed by atoms with E-state index >= 15 is 0 Å². The van der Waals surface area contributed by atoms with E-state index in [0.717, 1.165) is 34.1 Å². The van der Waals surface area contributed by atoms with Gasteiger partial charge in [-0.05, 0) is 10.8 Å². The molecule has 4 heteroatoms. The van der Waals surface area contributed by atoms with Crippen LogP contribution in [0.5, 0.6) is 0 Å². The van der Waals surface area contributed by atoms with Gasteiger partial charge < -0.3 is 0 Å². The molecular formula is C76H64Ge2N2. The first kappa shape index (κ1) is 51.1. The van der Waals surface area contributed by atoms with Gasteiger partial charge in [0.15, 0.2) is 0 Å². The molecule has 0 spiro atoms. The van der Waals surface area contributed by atoms with Crippen LogP contribution in [0, 0.1) is 0 Å². The fraction of sp³-hybridized carbons (Fsp3) is 0.0789. The molecule has 386 valence electrons. The molecule has 0 amide bonds. The summed E-state index contributed by atoms with van der Waals surface area (Å²) in [5.41, 5.74) is 16.3.